The number of carbonyl (C=O) groups is 2. The lowest BCUT2D eigenvalue weighted by atomic mass is 10.1. The lowest BCUT2D eigenvalue weighted by Gasteiger charge is -2.19. The second-order valence-electron chi connectivity index (χ2n) is 7.59. The highest BCUT2D eigenvalue weighted by Crippen LogP contribution is 2.49. The molecule has 1 aliphatic carbocycles. The van der Waals surface area contributed by atoms with Gasteiger partial charge in [-0.05, 0) is 41.8 Å². The van der Waals surface area contributed by atoms with E-state index in [-0.39, 0.29) is 30.1 Å². The van der Waals surface area contributed by atoms with E-state index in [9.17, 15) is 19.1 Å². The van der Waals surface area contributed by atoms with Gasteiger partial charge in [-0.1, -0.05) is 24.3 Å². The van der Waals surface area contributed by atoms with Crippen molar-refractivity contribution < 1.29 is 19.1 Å². The average molecular weight is 383 g/mol. The molecule has 2 aromatic carbocycles. The number of nitrogens with one attached hydrogen (secondary N) is 2. The van der Waals surface area contributed by atoms with Crippen LogP contribution in [0.1, 0.15) is 17.5 Å². The fourth-order valence-electron chi connectivity index (χ4n) is 3.60. The van der Waals surface area contributed by atoms with Gasteiger partial charge in [0.2, 0.25) is 5.91 Å². The van der Waals surface area contributed by atoms with Crippen LogP contribution < -0.4 is 10.6 Å². The van der Waals surface area contributed by atoms with Gasteiger partial charge in [0.15, 0.2) is 0 Å². The maximum atomic E-state index is 12.9. The summed E-state index contributed by atoms with van der Waals surface area (Å²) in [5, 5.41) is 15.5. The molecule has 0 aromatic heterocycles. The number of anilines is 1. The average Bonchev–Trinajstić information content (AvgIpc) is 3.19. The number of piperidine rings is 1. The first-order valence-corrected chi connectivity index (χ1v) is 9.30. The minimum absolute atomic E-state index is 0.0124. The van der Waals surface area contributed by atoms with Crippen molar-refractivity contribution in [3.8, 4) is 0 Å². The summed E-state index contributed by atoms with van der Waals surface area (Å²) in [6.45, 7) is 1.37. The van der Waals surface area contributed by atoms with Gasteiger partial charge in [0.05, 0.1) is 12.0 Å². The quantitative estimate of drug-likeness (QED) is 0.741. The van der Waals surface area contributed by atoms with E-state index in [0.717, 1.165) is 17.5 Å². The van der Waals surface area contributed by atoms with Gasteiger partial charge >= 0.3 is 6.03 Å². The van der Waals surface area contributed by atoms with E-state index < -0.39 is 5.60 Å². The van der Waals surface area contributed by atoms with Gasteiger partial charge in [-0.15, -0.1) is 0 Å². The molecule has 1 heterocycles. The Hall–Kier alpha value is -2.93. The lowest BCUT2D eigenvalue weighted by Crippen LogP contribution is -2.34. The fraction of sp³-hybridized carbons (Fsp3) is 0.333. The molecule has 28 heavy (non-hydrogen) atoms. The van der Waals surface area contributed by atoms with Crippen molar-refractivity contribution in [2.24, 2.45) is 5.92 Å². The first-order valence-electron chi connectivity index (χ1n) is 9.30. The third-order valence-corrected chi connectivity index (χ3v) is 5.39. The summed E-state index contributed by atoms with van der Waals surface area (Å²) in [7, 11) is 0. The predicted octanol–water partition coefficient (Wildman–Crippen LogP) is 2.28. The number of β-amino-alcohol motifs (C(OH)–C–C–N with tert-alkyl or cyclic N) is 1. The molecule has 1 aliphatic heterocycles. The molecule has 0 bridgehead atoms. The highest BCUT2D eigenvalue weighted by molar-refractivity contribution is 5.89. The number of halogens is 1. The number of benzene rings is 2. The van der Waals surface area contributed by atoms with Crippen LogP contribution in [0.15, 0.2) is 48.5 Å². The molecule has 0 radical (unpaired) electrons. The Bertz CT molecular complexity index is 885. The summed E-state index contributed by atoms with van der Waals surface area (Å²) in [4.78, 5) is 26.0. The summed E-state index contributed by atoms with van der Waals surface area (Å²) in [6, 6.07) is 12.7. The van der Waals surface area contributed by atoms with Crippen molar-refractivity contribution >= 4 is 17.6 Å². The molecule has 2 atom stereocenters. The van der Waals surface area contributed by atoms with E-state index in [2.05, 4.69) is 10.6 Å². The number of nitrogens with zero attached hydrogens (tertiary/aromatic N) is 1. The Morgan fingerprint density at radius 3 is 2.43 bits per heavy atom. The van der Waals surface area contributed by atoms with Gasteiger partial charge in [-0.2, -0.15) is 0 Å². The van der Waals surface area contributed by atoms with Crippen LogP contribution in [0.3, 0.4) is 0 Å². The molecule has 1 saturated carbocycles. The van der Waals surface area contributed by atoms with E-state index >= 15 is 0 Å². The lowest BCUT2D eigenvalue weighted by molar-refractivity contribution is -0.130. The van der Waals surface area contributed by atoms with Crippen LogP contribution in [0.25, 0.3) is 0 Å². The number of amides is 3. The van der Waals surface area contributed by atoms with Gasteiger partial charge in [0.1, 0.15) is 5.82 Å². The SMILES string of the molecule is O=C(NCc1ccc(F)cc1)Nc1ccc(CC(=O)N2CC3CC3(O)C2)cc1. The third-order valence-electron chi connectivity index (χ3n) is 5.39. The molecule has 2 aromatic rings. The molecular formula is C21H22FN3O3. The molecular weight excluding hydrogens is 361 g/mol. The molecule has 3 amide bonds. The monoisotopic (exact) mass is 383 g/mol. The molecule has 2 unspecified atom stereocenters. The second kappa shape index (κ2) is 7.24. The molecule has 7 heteroatoms. The summed E-state index contributed by atoms with van der Waals surface area (Å²) in [5.74, 6) is -0.0565. The van der Waals surface area contributed by atoms with Gasteiger partial charge in [-0.3, -0.25) is 4.79 Å². The Labute approximate surface area is 162 Å². The molecule has 2 fully saturated rings. The number of carbonyl (C=O) groups excluding carboxylic acids is 2. The second-order valence-corrected chi connectivity index (χ2v) is 7.59. The van der Waals surface area contributed by atoms with E-state index in [1.807, 2.05) is 0 Å². The molecule has 6 nitrogen and oxygen atoms in total. The van der Waals surface area contributed by atoms with E-state index in [4.69, 9.17) is 0 Å². The number of aliphatic hydroxyl groups is 1. The molecule has 1 saturated heterocycles. The first-order chi connectivity index (χ1) is 13.4. The highest BCUT2D eigenvalue weighted by Gasteiger charge is 2.59. The van der Waals surface area contributed by atoms with Crippen molar-refractivity contribution in [1.82, 2.24) is 10.2 Å². The number of hydrogen-bond donors (Lipinski definition) is 3. The largest absolute Gasteiger partial charge is 0.388 e. The Morgan fingerprint density at radius 1 is 1.11 bits per heavy atom. The zero-order chi connectivity index (χ0) is 19.7. The number of hydrogen-bond acceptors (Lipinski definition) is 3. The molecule has 146 valence electrons. The number of urea groups is 1. The number of likely N-dealkylation sites (tertiary alicyclic amines) is 1. The predicted molar refractivity (Wildman–Crippen MR) is 102 cm³/mol. The van der Waals surface area contributed by atoms with E-state index in [1.165, 1.54) is 12.1 Å². The van der Waals surface area contributed by atoms with Crippen LogP contribution in [0, 0.1) is 11.7 Å². The van der Waals surface area contributed by atoms with Gasteiger partial charge < -0.3 is 20.6 Å². The van der Waals surface area contributed by atoms with Crippen LogP contribution in [0.4, 0.5) is 14.9 Å². The molecule has 3 N–H and O–H groups in total. The van der Waals surface area contributed by atoms with E-state index in [0.29, 0.717) is 25.3 Å². The summed E-state index contributed by atoms with van der Waals surface area (Å²) in [6.07, 6.45) is 1.08. The maximum Gasteiger partial charge on any atom is 0.319 e. The van der Waals surface area contributed by atoms with Crippen LogP contribution in [-0.2, 0) is 17.8 Å². The Kier molecular flexibility index (Phi) is 4.77. The van der Waals surface area contributed by atoms with Crippen LogP contribution in [-0.4, -0.2) is 40.6 Å². The van der Waals surface area contributed by atoms with Crippen molar-refractivity contribution in [3.05, 3.63) is 65.5 Å². The van der Waals surface area contributed by atoms with Crippen molar-refractivity contribution in [3.63, 3.8) is 0 Å². The van der Waals surface area contributed by atoms with Crippen LogP contribution in [0.5, 0.6) is 0 Å². The minimum atomic E-state index is -0.634. The number of fused-ring (bicyclic) bond motifs is 1. The molecule has 0 spiro atoms. The Balaban J connectivity index is 1.24. The minimum Gasteiger partial charge on any atom is -0.388 e. The molecule has 4 rings (SSSR count). The fourth-order valence-corrected chi connectivity index (χ4v) is 3.60. The smallest absolute Gasteiger partial charge is 0.319 e. The Morgan fingerprint density at radius 2 is 1.79 bits per heavy atom. The maximum absolute atomic E-state index is 12.9. The summed E-state index contributed by atoms with van der Waals surface area (Å²) >= 11 is 0. The third kappa shape index (κ3) is 4.14. The molecule has 2 aliphatic rings. The zero-order valence-electron chi connectivity index (χ0n) is 15.3. The summed E-state index contributed by atoms with van der Waals surface area (Å²) < 4.78 is 12.9. The normalized spacial score (nSPS) is 22.5. The summed E-state index contributed by atoms with van der Waals surface area (Å²) in [5.41, 5.74) is 1.64. The van der Waals surface area contributed by atoms with Crippen LogP contribution in [0.2, 0.25) is 0 Å². The topological polar surface area (TPSA) is 81.7 Å². The van der Waals surface area contributed by atoms with Gasteiger partial charge in [0, 0.05) is 31.2 Å². The van der Waals surface area contributed by atoms with Crippen molar-refractivity contribution in [2.75, 3.05) is 18.4 Å². The van der Waals surface area contributed by atoms with Crippen molar-refractivity contribution in [1.29, 1.82) is 0 Å². The highest BCUT2D eigenvalue weighted by atomic mass is 19.1. The number of rotatable bonds is 5. The van der Waals surface area contributed by atoms with Gasteiger partial charge in [-0.25, -0.2) is 9.18 Å². The van der Waals surface area contributed by atoms with E-state index in [1.54, 1.807) is 41.3 Å². The van der Waals surface area contributed by atoms with Gasteiger partial charge in [0.25, 0.3) is 0 Å². The van der Waals surface area contributed by atoms with Crippen LogP contribution >= 0.6 is 0 Å². The van der Waals surface area contributed by atoms with Crippen molar-refractivity contribution in [2.45, 2.75) is 25.0 Å². The zero-order valence-corrected chi connectivity index (χ0v) is 15.3. The first kappa shape index (κ1) is 18.4. The standard InChI is InChI=1S/C21H22FN3O3/c22-17-5-1-15(2-6-17)11-23-20(27)24-18-7-3-14(4-8-18)9-19(26)25-12-16-10-21(16,28)13-25/h1-8,16,28H,9-13H2,(H2,23,24,27).